The molecule has 0 aliphatic heterocycles. The molecule has 25 heavy (non-hydrogen) atoms. The Morgan fingerprint density at radius 1 is 0.720 bits per heavy atom. The summed E-state index contributed by atoms with van der Waals surface area (Å²) in [6.45, 7) is 2.03. The lowest BCUT2D eigenvalue weighted by atomic mass is 10.0. The zero-order chi connectivity index (χ0) is 17.7. The Morgan fingerprint density at radius 3 is 2.20 bits per heavy atom. The van der Waals surface area contributed by atoms with Crippen LogP contribution in [0.15, 0.2) is 54.6 Å². The van der Waals surface area contributed by atoms with Gasteiger partial charge in [-0.25, -0.2) is 0 Å². The highest BCUT2D eigenvalue weighted by atomic mass is 16.5. The van der Waals surface area contributed by atoms with Crippen molar-refractivity contribution in [1.82, 2.24) is 4.90 Å². The lowest BCUT2D eigenvalue weighted by Gasteiger charge is -2.12. The molecule has 0 amide bonds. The van der Waals surface area contributed by atoms with E-state index in [9.17, 15) is 0 Å². The quantitative estimate of drug-likeness (QED) is 0.482. The van der Waals surface area contributed by atoms with Crippen molar-refractivity contribution < 1.29 is 4.74 Å². The van der Waals surface area contributed by atoms with Crippen molar-refractivity contribution >= 4 is 0 Å². The molecule has 0 heterocycles. The topological polar surface area (TPSA) is 12.5 Å². The van der Waals surface area contributed by atoms with Crippen LogP contribution in [0.25, 0.3) is 0 Å². The zero-order valence-corrected chi connectivity index (χ0v) is 15.9. The fourth-order valence-electron chi connectivity index (χ4n) is 3.02. The van der Waals surface area contributed by atoms with Gasteiger partial charge in [0.05, 0.1) is 6.61 Å². The summed E-state index contributed by atoms with van der Waals surface area (Å²) in [7, 11) is 4.28. The zero-order valence-electron chi connectivity index (χ0n) is 15.9. The van der Waals surface area contributed by atoms with Gasteiger partial charge in [-0.15, -0.1) is 0 Å². The Hall–Kier alpha value is -1.80. The highest BCUT2D eigenvalue weighted by molar-refractivity contribution is 5.34. The van der Waals surface area contributed by atoms with Gasteiger partial charge in [-0.05, 0) is 63.5 Å². The van der Waals surface area contributed by atoms with E-state index in [1.165, 1.54) is 43.4 Å². The summed E-state index contributed by atoms with van der Waals surface area (Å²) in [5, 5.41) is 0. The monoisotopic (exact) mass is 339 g/mol. The van der Waals surface area contributed by atoms with Crippen LogP contribution in [-0.2, 0) is 12.8 Å². The maximum Gasteiger partial charge on any atom is 0.122 e. The Kier molecular flexibility index (Phi) is 9.14. The lowest BCUT2D eigenvalue weighted by Crippen LogP contribution is -2.12. The molecule has 0 aliphatic carbocycles. The summed E-state index contributed by atoms with van der Waals surface area (Å²) in [5.41, 5.74) is 2.70. The molecule has 0 fully saturated rings. The van der Waals surface area contributed by atoms with Gasteiger partial charge in [0.25, 0.3) is 0 Å². The van der Waals surface area contributed by atoms with Crippen LogP contribution in [0, 0.1) is 0 Å². The molecule has 0 saturated carbocycles. The molecule has 0 N–H and O–H groups in total. The number of aryl methyl sites for hydroxylation is 2. The van der Waals surface area contributed by atoms with Gasteiger partial charge in [0.1, 0.15) is 5.75 Å². The molecule has 0 saturated heterocycles. The summed E-state index contributed by atoms with van der Waals surface area (Å²) >= 11 is 0. The Labute approximate surface area is 153 Å². The lowest BCUT2D eigenvalue weighted by molar-refractivity contribution is 0.300. The molecule has 0 radical (unpaired) electrons. The second kappa shape index (κ2) is 11.7. The normalized spacial score (nSPS) is 11.0. The first kappa shape index (κ1) is 19.5. The van der Waals surface area contributed by atoms with Gasteiger partial charge in [0.15, 0.2) is 0 Å². The van der Waals surface area contributed by atoms with Crippen molar-refractivity contribution in [2.75, 3.05) is 27.2 Å². The average Bonchev–Trinajstić information content (AvgIpc) is 2.63. The Bertz CT molecular complexity index is 580. The third-order valence-electron chi connectivity index (χ3n) is 4.51. The highest BCUT2D eigenvalue weighted by Gasteiger charge is 2.03. The fourth-order valence-corrected chi connectivity index (χ4v) is 3.02. The fraction of sp³-hybridized carbons (Fsp3) is 0.478. The van der Waals surface area contributed by atoms with Gasteiger partial charge < -0.3 is 9.64 Å². The molecule has 2 heteroatoms. The van der Waals surface area contributed by atoms with Gasteiger partial charge in [-0.2, -0.15) is 0 Å². The first-order valence-corrected chi connectivity index (χ1v) is 9.65. The number of benzene rings is 2. The van der Waals surface area contributed by atoms with Crippen LogP contribution in [0.3, 0.4) is 0 Å². The summed E-state index contributed by atoms with van der Waals surface area (Å²) in [5.74, 6) is 1.06. The van der Waals surface area contributed by atoms with E-state index in [0.717, 1.165) is 31.6 Å². The minimum Gasteiger partial charge on any atom is -0.493 e. The molecule has 0 atom stereocenters. The van der Waals surface area contributed by atoms with Crippen molar-refractivity contribution in [2.24, 2.45) is 0 Å². The molecular formula is C23H33NO. The molecule has 2 nitrogen and oxygen atoms in total. The van der Waals surface area contributed by atoms with Crippen molar-refractivity contribution in [3.8, 4) is 5.75 Å². The van der Waals surface area contributed by atoms with Crippen molar-refractivity contribution in [3.63, 3.8) is 0 Å². The Morgan fingerprint density at radius 2 is 1.40 bits per heavy atom. The predicted octanol–water partition coefficient (Wildman–Crippen LogP) is 5.36. The second-order valence-corrected chi connectivity index (χ2v) is 7.01. The maximum atomic E-state index is 6.06. The molecule has 0 aromatic heterocycles. The van der Waals surface area contributed by atoms with E-state index in [-0.39, 0.29) is 0 Å². The van der Waals surface area contributed by atoms with Crippen LogP contribution in [0.5, 0.6) is 5.75 Å². The number of para-hydroxylation sites is 1. The molecule has 0 bridgehead atoms. The van der Waals surface area contributed by atoms with Crippen LogP contribution < -0.4 is 4.74 Å². The molecular weight excluding hydrogens is 306 g/mol. The maximum absolute atomic E-state index is 6.06. The van der Waals surface area contributed by atoms with E-state index >= 15 is 0 Å². The van der Waals surface area contributed by atoms with E-state index in [4.69, 9.17) is 4.74 Å². The molecule has 0 unspecified atom stereocenters. The van der Waals surface area contributed by atoms with Crippen molar-refractivity contribution in [3.05, 3.63) is 65.7 Å². The molecule has 2 rings (SSSR count). The van der Waals surface area contributed by atoms with Crippen molar-refractivity contribution in [2.45, 2.75) is 44.9 Å². The number of ether oxygens (including phenoxy) is 1. The first-order valence-electron chi connectivity index (χ1n) is 9.65. The van der Waals surface area contributed by atoms with Crippen LogP contribution >= 0.6 is 0 Å². The van der Waals surface area contributed by atoms with Crippen LogP contribution in [0.1, 0.15) is 43.2 Å². The molecule has 136 valence electrons. The number of hydrogen-bond acceptors (Lipinski definition) is 2. The summed E-state index contributed by atoms with van der Waals surface area (Å²) < 4.78 is 6.06. The van der Waals surface area contributed by atoms with Gasteiger partial charge in [-0.1, -0.05) is 67.8 Å². The summed E-state index contributed by atoms with van der Waals surface area (Å²) in [6, 6.07) is 19.2. The van der Waals surface area contributed by atoms with Gasteiger partial charge in [0, 0.05) is 0 Å². The number of hydrogen-bond donors (Lipinski definition) is 0. The first-order chi connectivity index (χ1) is 12.3. The minimum absolute atomic E-state index is 0.829. The smallest absolute Gasteiger partial charge is 0.122 e. The predicted molar refractivity (Wildman–Crippen MR) is 107 cm³/mol. The summed E-state index contributed by atoms with van der Waals surface area (Å²) in [6.07, 6.45) is 8.45. The molecule has 2 aromatic rings. The van der Waals surface area contributed by atoms with Crippen LogP contribution in [0.4, 0.5) is 0 Å². The van der Waals surface area contributed by atoms with Crippen LogP contribution in [-0.4, -0.2) is 32.1 Å². The third kappa shape index (κ3) is 8.22. The minimum atomic E-state index is 0.829. The number of nitrogens with zero attached hydrogens (tertiary/aromatic N) is 1. The number of unbranched alkanes of at least 4 members (excludes halogenated alkanes) is 4. The van der Waals surface area contributed by atoms with Crippen molar-refractivity contribution in [1.29, 1.82) is 0 Å². The van der Waals surface area contributed by atoms with E-state index in [1.54, 1.807) is 0 Å². The molecule has 2 aromatic carbocycles. The van der Waals surface area contributed by atoms with E-state index in [2.05, 4.69) is 73.6 Å². The largest absolute Gasteiger partial charge is 0.493 e. The molecule has 0 aliphatic rings. The second-order valence-electron chi connectivity index (χ2n) is 7.01. The highest BCUT2D eigenvalue weighted by Crippen LogP contribution is 2.20. The van der Waals surface area contributed by atoms with Gasteiger partial charge in [0.2, 0.25) is 0 Å². The van der Waals surface area contributed by atoms with E-state index < -0.39 is 0 Å². The average molecular weight is 340 g/mol. The number of rotatable bonds is 12. The SMILES string of the molecule is CN(C)CCCCCCCOc1ccccc1CCc1ccccc1. The van der Waals surface area contributed by atoms with E-state index in [1.807, 2.05) is 0 Å². The standard InChI is InChI=1S/C23H33NO/c1-24(2)19-11-4-3-5-12-20-25-23-16-10-9-15-22(23)18-17-21-13-7-6-8-14-21/h6-10,13-16H,3-5,11-12,17-20H2,1-2H3. The third-order valence-corrected chi connectivity index (χ3v) is 4.51. The Balaban J connectivity index is 1.66. The van der Waals surface area contributed by atoms with Gasteiger partial charge >= 0.3 is 0 Å². The summed E-state index contributed by atoms with van der Waals surface area (Å²) in [4.78, 5) is 2.26. The van der Waals surface area contributed by atoms with E-state index in [0.29, 0.717) is 0 Å². The van der Waals surface area contributed by atoms with Gasteiger partial charge in [-0.3, -0.25) is 0 Å². The van der Waals surface area contributed by atoms with Crippen LogP contribution in [0.2, 0.25) is 0 Å². The molecule has 0 spiro atoms.